The third kappa shape index (κ3) is 2.78. The monoisotopic (exact) mass is 296 g/mol. The van der Waals surface area contributed by atoms with E-state index in [2.05, 4.69) is 20.2 Å². The first-order valence-corrected chi connectivity index (χ1v) is 7.31. The van der Waals surface area contributed by atoms with Gasteiger partial charge in [0.1, 0.15) is 11.5 Å². The maximum absolute atomic E-state index is 12.6. The molecule has 3 rings (SSSR count). The number of hydrogen-bond donors (Lipinski definition) is 1. The summed E-state index contributed by atoms with van der Waals surface area (Å²) >= 11 is 0. The highest BCUT2D eigenvalue weighted by atomic mass is 16.1. The van der Waals surface area contributed by atoms with Crippen LogP contribution in [0.5, 0.6) is 0 Å². The number of aromatic nitrogens is 2. The molecule has 0 atom stereocenters. The van der Waals surface area contributed by atoms with Gasteiger partial charge in [-0.15, -0.1) is 0 Å². The van der Waals surface area contributed by atoms with Crippen molar-refractivity contribution in [3.05, 3.63) is 47.3 Å². The zero-order valence-corrected chi connectivity index (χ0v) is 12.5. The molecule has 0 aromatic carbocycles. The summed E-state index contributed by atoms with van der Waals surface area (Å²) in [5.74, 6) is 0.579. The highest BCUT2D eigenvalue weighted by Gasteiger charge is 2.19. The summed E-state index contributed by atoms with van der Waals surface area (Å²) in [6.45, 7) is 5.58. The third-order valence-electron chi connectivity index (χ3n) is 3.77. The van der Waals surface area contributed by atoms with Gasteiger partial charge in [0.2, 0.25) is 5.78 Å². The number of carbonyl (C=O) groups excluding carboxylic acids is 1. The van der Waals surface area contributed by atoms with Crippen molar-refractivity contribution >= 4 is 17.4 Å². The highest BCUT2D eigenvalue weighted by molar-refractivity contribution is 6.10. The lowest BCUT2D eigenvalue weighted by atomic mass is 10.1. The van der Waals surface area contributed by atoms with Crippen molar-refractivity contribution in [3.8, 4) is 0 Å². The molecule has 2 N–H and O–H groups in total. The lowest BCUT2D eigenvalue weighted by Gasteiger charge is -2.29. The van der Waals surface area contributed by atoms with E-state index in [1.54, 1.807) is 18.2 Å². The smallest absolute Gasteiger partial charge is 0.215 e. The number of anilines is 1. The average molecular weight is 296 g/mol. The number of aryl methyl sites for hydroxylation is 1. The van der Waals surface area contributed by atoms with Gasteiger partial charge in [-0.1, -0.05) is 6.07 Å². The molecule has 1 aliphatic heterocycles. The van der Waals surface area contributed by atoms with Crippen LogP contribution in [0.1, 0.15) is 21.6 Å². The van der Waals surface area contributed by atoms with Gasteiger partial charge in [-0.25, -0.2) is 9.97 Å². The standard InChI is InChI=1S/C16H18N5O/c1-11-4-5-13(14(22)12-3-2-6-19-15(12)17)20-16(11)21-9-7-18-8-10-21/h2-6,17-18H,7-10H2,1H3. The van der Waals surface area contributed by atoms with Crippen LogP contribution < -0.4 is 16.0 Å². The first-order chi connectivity index (χ1) is 10.7. The van der Waals surface area contributed by atoms with Crippen molar-refractivity contribution in [1.29, 1.82) is 0 Å². The number of nitrogens with zero attached hydrogens (tertiary/aromatic N) is 3. The summed E-state index contributed by atoms with van der Waals surface area (Å²) in [6.07, 6.45) is 1.51. The number of pyridine rings is 2. The van der Waals surface area contributed by atoms with E-state index in [-0.39, 0.29) is 17.2 Å². The van der Waals surface area contributed by atoms with E-state index in [4.69, 9.17) is 5.73 Å². The molecule has 22 heavy (non-hydrogen) atoms. The second kappa shape index (κ2) is 6.11. The fourth-order valence-corrected chi connectivity index (χ4v) is 2.57. The maximum atomic E-state index is 12.6. The van der Waals surface area contributed by atoms with E-state index in [0.29, 0.717) is 5.69 Å². The van der Waals surface area contributed by atoms with Crippen molar-refractivity contribution in [1.82, 2.24) is 21.0 Å². The number of nitrogens with one attached hydrogen (secondary N) is 2. The Hall–Kier alpha value is -2.47. The van der Waals surface area contributed by atoms with Crippen molar-refractivity contribution < 1.29 is 4.79 Å². The lowest BCUT2D eigenvalue weighted by molar-refractivity contribution is 0.103. The quantitative estimate of drug-likeness (QED) is 0.864. The molecule has 3 heterocycles. The normalized spacial score (nSPS) is 14.9. The molecular formula is C16H18N5O. The minimum absolute atomic E-state index is 0.0152. The lowest BCUT2D eigenvalue weighted by Crippen LogP contribution is -2.44. The van der Waals surface area contributed by atoms with E-state index in [0.717, 1.165) is 37.6 Å². The topological polar surface area (TPSA) is 81.9 Å². The van der Waals surface area contributed by atoms with E-state index < -0.39 is 0 Å². The van der Waals surface area contributed by atoms with Gasteiger partial charge in [0, 0.05) is 32.4 Å². The Morgan fingerprint density at radius 1 is 1.27 bits per heavy atom. The predicted octanol–water partition coefficient (Wildman–Crippen LogP) is 1.34. The van der Waals surface area contributed by atoms with E-state index >= 15 is 0 Å². The molecule has 0 saturated carbocycles. The van der Waals surface area contributed by atoms with Crippen LogP contribution in [-0.4, -0.2) is 41.9 Å². The number of hydrogen-bond acceptors (Lipinski definition) is 5. The van der Waals surface area contributed by atoms with Crippen LogP contribution in [0.2, 0.25) is 0 Å². The summed E-state index contributed by atoms with van der Waals surface area (Å²) < 4.78 is 0. The first kappa shape index (κ1) is 14.5. The minimum Gasteiger partial charge on any atom is -0.354 e. The summed E-state index contributed by atoms with van der Waals surface area (Å²) in [6, 6.07) is 6.91. The van der Waals surface area contributed by atoms with E-state index in [1.165, 1.54) is 6.20 Å². The maximum Gasteiger partial charge on any atom is 0.215 e. The van der Waals surface area contributed by atoms with Crippen LogP contribution in [0.25, 0.3) is 0 Å². The molecule has 6 heteroatoms. The molecule has 6 nitrogen and oxygen atoms in total. The Bertz CT molecular complexity index is 695. The van der Waals surface area contributed by atoms with Crippen molar-refractivity contribution in [3.63, 3.8) is 0 Å². The SMILES string of the molecule is Cc1ccc(C(=O)c2cccnc2[NH])nc1N1CCNCC1. The van der Waals surface area contributed by atoms with Crippen LogP contribution in [0, 0.1) is 6.92 Å². The van der Waals surface area contributed by atoms with Crippen molar-refractivity contribution in [2.45, 2.75) is 6.92 Å². The van der Waals surface area contributed by atoms with E-state index in [9.17, 15) is 4.79 Å². The van der Waals surface area contributed by atoms with Crippen LogP contribution in [0.4, 0.5) is 11.6 Å². The van der Waals surface area contributed by atoms with Crippen LogP contribution in [0.3, 0.4) is 0 Å². The minimum atomic E-state index is -0.255. The molecule has 0 aliphatic carbocycles. The fourth-order valence-electron chi connectivity index (χ4n) is 2.57. The Balaban J connectivity index is 1.95. The van der Waals surface area contributed by atoms with Gasteiger partial charge >= 0.3 is 0 Å². The zero-order chi connectivity index (χ0) is 15.5. The molecule has 0 unspecified atom stereocenters. The molecular weight excluding hydrogens is 278 g/mol. The van der Waals surface area contributed by atoms with Crippen molar-refractivity contribution in [2.24, 2.45) is 0 Å². The Kier molecular flexibility index (Phi) is 4.02. The number of rotatable bonds is 3. The third-order valence-corrected chi connectivity index (χ3v) is 3.77. The molecule has 2 aromatic rings. The second-order valence-electron chi connectivity index (χ2n) is 5.30. The molecule has 2 aromatic heterocycles. The molecule has 0 bridgehead atoms. The highest BCUT2D eigenvalue weighted by Crippen LogP contribution is 2.21. The molecule has 1 aliphatic rings. The fraction of sp³-hybridized carbons (Fsp3) is 0.312. The number of ketones is 1. The average Bonchev–Trinajstić information content (AvgIpc) is 2.56. The second-order valence-corrected chi connectivity index (χ2v) is 5.30. The van der Waals surface area contributed by atoms with Gasteiger partial charge in [0.15, 0.2) is 5.82 Å². The summed E-state index contributed by atoms with van der Waals surface area (Å²) in [7, 11) is 0. The Morgan fingerprint density at radius 3 is 2.77 bits per heavy atom. The van der Waals surface area contributed by atoms with Crippen LogP contribution in [0.15, 0.2) is 30.5 Å². The Labute approximate surface area is 129 Å². The van der Waals surface area contributed by atoms with E-state index in [1.807, 2.05) is 13.0 Å². The van der Waals surface area contributed by atoms with Gasteiger partial charge in [-0.3, -0.25) is 10.5 Å². The number of piperazine rings is 1. The van der Waals surface area contributed by atoms with Crippen LogP contribution in [-0.2, 0) is 0 Å². The zero-order valence-electron chi connectivity index (χ0n) is 12.5. The summed E-state index contributed by atoms with van der Waals surface area (Å²) in [5.41, 5.74) is 9.46. The van der Waals surface area contributed by atoms with Gasteiger partial charge in [-0.05, 0) is 30.7 Å². The molecule has 1 radical (unpaired) electrons. The van der Waals surface area contributed by atoms with Crippen molar-refractivity contribution in [2.75, 3.05) is 31.1 Å². The summed E-state index contributed by atoms with van der Waals surface area (Å²) in [5, 5.41) is 3.31. The molecule has 1 fully saturated rings. The molecule has 0 spiro atoms. The molecule has 113 valence electrons. The predicted molar refractivity (Wildman–Crippen MR) is 84.5 cm³/mol. The van der Waals surface area contributed by atoms with Gasteiger partial charge in [-0.2, -0.15) is 0 Å². The largest absolute Gasteiger partial charge is 0.354 e. The number of carbonyl (C=O) groups is 1. The molecule has 1 saturated heterocycles. The Morgan fingerprint density at radius 2 is 2.05 bits per heavy atom. The van der Waals surface area contributed by atoms with Crippen LogP contribution >= 0.6 is 0 Å². The van der Waals surface area contributed by atoms with Gasteiger partial charge in [0.05, 0.1) is 5.56 Å². The summed E-state index contributed by atoms with van der Waals surface area (Å²) in [4.78, 5) is 23.2. The molecule has 0 amide bonds. The first-order valence-electron chi connectivity index (χ1n) is 7.31. The van der Waals surface area contributed by atoms with Gasteiger partial charge < -0.3 is 10.2 Å². The van der Waals surface area contributed by atoms with Gasteiger partial charge in [0.25, 0.3) is 0 Å².